The number of likely N-dealkylation sites (N-methyl/N-ethyl adjacent to an activating group) is 1. The van der Waals surface area contributed by atoms with Crippen molar-refractivity contribution in [3.8, 4) is 0 Å². The minimum atomic E-state index is -0.497. The monoisotopic (exact) mass is 466 g/mol. The van der Waals surface area contributed by atoms with E-state index in [0.717, 1.165) is 16.7 Å². The van der Waals surface area contributed by atoms with Crippen LogP contribution in [0.5, 0.6) is 0 Å². The van der Waals surface area contributed by atoms with E-state index in [9.17, 15) is 9.59 Å². The summed E-state index contributed by atoms with van der Waals surface area (Å²) in [6.45, 7) is 6.77. The smallest absolute Gasteiger partial charge is 0.242 e. The van der Waals surface area contributed by atoms with Crippen molar-refractivity contribution in [2.24, 2.45) is 0 Å². The minimum Gasteiger partial charge on any atom is -0.355 e. The van der Waals surface area contributed by atoms with Crippen molar-refractivity contribution in [1.82, 2.24) is 10.2 Å². The number of hydrogen-bond donors (Lipinski definition) is 1. The topological polar surface area (TPSA) is 49.4 Å². The standard InChI is InChI=1S/C23H28Cl2N2O2S/c1-4-21(23(29)26-5-2)27(13-17-8-6-7-16(3)11-17)22(28)15-30-14-18-9-10-19(24)20(25)12-18/h6-12,21H,4-5,13-15H2,1-3H3,(H,26,29). The van der Waals surface area contributed by atoms with Crippen molar-refractivity contribution in [1.29, 1.82) is 0 Å². The highest BCUT2D eigenvalue weighted by atomic mass is 35.5. The van der Waals surface area contributed by atoms with Crippen LogP contribution in [0, 0.1) is 6.92 Å². The lowest BCUT2D eigenvalue weighted by molar-refractivity contribution is -0.139. The number of carbonyl (C=O) groups excluding carboxylic acids is 2. The summed E-state index contributed by atoms with van der Waals surface area (Å²) < 4.78 is 0. The second-order valence-corrected chi connectivity index (χ2v) is 8.87. The van der Waals surface area contributed by atoms with Gasteiger partial charge in [0.05, 0.1) is 15.8 Å². The number of carbonyl (C=O) groups is 2. The number of hydrogen-bond acceptors (Lipinski definition) is 3. The van der Waals surface area contributed by atoms with E-state index in [1.54, 1.807) is 11.0 Å². The van der Waals surface area contributed by atoms with E-state index in [1.165, 1.54) is 11.8 Å². The summed E-state index contributed by atoms with van der Waals surface area (Å²) in [5, 5.41) is 3.87. The van der Waals surface area contributed by atoms with Crippen LogP contribution in [0.2, 0.25) is 10.0 Å². The number of rotatable bonds is 10. The fourth-order valence-electron chi connectivity index (χ4n) is 3.19. The normalized spacial score (nSPS) is 11.8. The van der Waals surface area contributed by atoms with Crippen LogP contribution in [0.3, 0.4) is 0 Å². The number of nitrogens with zero attached hydrogens (tertiary/aromatic N) is 1. The van der Waals surface area contributed by atoms with Crippen LogP contribution < -0.4 is 5.32 Å². The summed E-state index contributed by atoms with van der Waals surface area (Å²) in [5.41, 5.74) is 3.14. The molecule has 30 heavy (non-hydrogen) atoms. The molecule has 0 saturated carbocycles. The lowest BCUT2D eigenvalue weighted by Gasteiger charge is -2.30. The summed E-state index contributed by atoms with van der Waals surface area (Å²) in [4.78, 5) is 27.4. The highest BCUT2D eigenvalue weighted by Crippen LogP contribution is 2.25. The fourth-order valence-corrected chi connectivity index (χ4v) is 4.37. The molecule has 2 aromatic carbocycles. The molecular formula is C23H28Cl2N2O2S. The second kappa shape index (κ2) is 12.2. The Hall–Kier alpha value is -1.69. The minimum absolute atomic E-state index is 0.0559. The number of benzene rings is 2. The molecule has 2 amide bonds. The van der Waals surface area contributed by atoms with Crippen LogP contribution in [-0.2, 0) is 21.9 Å². The Morgan fingerprint density at radius 3 is 2.47 bits per heavy atom. The lowest BCUT2D eigenvalue weighted by Crippen LogP contribution is -2.49. The van der Waals surface area contributed by atoms with Crippen LogP contribution >= 0.6 is 35.0 Å². The molecule has 7 heteroatoms. The second-order valence-electron chi connectivity index (χ2n) is 7.07. The molecule has 0 aliphatic carbocycles. The Kier molecular flexibility index (Phi) is 10.0. The molecule has 0 bridgehead atoms. The van der Waals surface area contributed by atoms with Crippen molar-refractivity contribution in [3.05, 3.63) is 69.2 Å². The van der Waals surface area contributed by atoms with Gasteiger partial charge in [-0.15, -0.1) is 11.8 Å². The van der Waals surface area contributed by atoms with E-state index in [0.29, 0.717) is 35.3 Å². The summed E-state index contributed by atoms with van der Waals surface area (Å²) in [6.07, 6.45) is 0.556. The molecule has 2 aromatic rings. The van der Waals surface area contributed by atoms with Crippen LogP contribution in [0.15, 0.2) is 42.5 Å². The molecule has 0 spiro atoms. The molecule has 0 saturated heterocycles. The first-order chi connectivity index (χ1) is 14.3. The summed E-state index contributed by atoms with van der Waals surface area (Å²) >= 11 is 13.5. The van der Waals surface area contributed by atoms with Gasteiger partial charge in [-0.3, -0.25) is 9.59 Å². The molecule has 0 radical (unpaired) electrons. The van der Waals surface area contributed by atoms with Crippen LogP contribution in [-0.4, -0.2) is 35.1 Å². The van der Waals surface area contributed by atoms with Crippen LogP contribution in [0.4, 0.5) is 0 Å². The first-order valence-corrected chi connectivity index (χ1v) is 11.9. The molecule has 0 aliphatic heterocycles. The largest absolute Gasteiger partial charge is 0.355 e. The highest BCUT2D eigenvalue weighted by molar-refractivity contribution is 7.99. The van der Waals surface area contributed by atoms with Gasteiger partial charge in [0.2, 0.25) is 11.8 Å². The molecule has 0 aromatic heterocycles. The molecule has 1 atom stereocenters. The van der Waals surface area contributed by atoms with Crippen molar-refractivity contribution in [3.63, 3.8) is 0 Å². The molecule has 0 heterocycles. The quantitative estimate of drug-likeness (QED) is 0.504. The van der Waals surface area contributed by atoms with Gasteiger partial charge in [0.25, 0.3) is 0 Å². The molecule has 4 nitrogen and oxygen atoms in total. The maximum absolute atomic E-state index is 13.1. The zero-order chi connectivity index (χ0) is 22.1. The van der Waals surface area contributed by atoms with E-state index in [4.69, 9.17) is 23.2 Å². The molecule has 0 fully saturated rings. The number of halogens is 2. The maximum atomic E-state index is 13.1. The molecule has 0 aliphatic rings. The first-order valence-electron chi connectivity index (χ1n) is 10.00. The molecule has 162 valence electrons. The van der Waals surface area contributed by atoms with Gasteiger partial charge in [-0.05, 0) is 43.5 Å². The van der Waals surface area contributed by atoms with Gasteiger partial charge >= 0.3 is 0 Å². The summed E-state index contributed by atoms with van der Waals surface area (Å²) in [7, 11) is 0. The fraction of sp³-hybridized carbons (Fsp3) is 0.391. The van der Waals surface area contributed by atoms with Gasteiger partial charge < -0.3 is 10.2 Å². The average molecular weight is 467 g/mol. The van der Waals surface area contributed by atoms with Crippen molar-refractivity contribution >= 4 is 46.8 Å². The number of thioether (sulfide) groups is 1. The van der Waals surface area contributed by atoms with E-state index >= 15 is 0 Å². The first kappa shape index (κ1) is 24.6. The van der Waals surface area contributed by atoms with Crippen LogP contribution in [0.25, 0.3) is 0 Å². The Morgan fingerprint density at radius 1 is 1.07 bits per heavy atom. The summed E-state index contributed by atoms with van der Waals surface area (Å²) in [5.74, 6) is 0.746. The zero-order valence-corrected chi connectivity index (χ0v) is 19.9. The summed E-state index contributed by atoms with van der Waals surface area (Å²) in [6, 6.07) is 13.0. The third kappa shape index (κ3) is 7.22. The SMILES string of the molecule is CCNC(=O)C(CC)N(Cc1cccc(C)c1)C(=O)CSCc1ccc(Cl)c(Cl)c1. The predicted molar refractivity (Wildman–Crippen MR) is 127 cm³/mol. The Morgan fingerprint density at radius 2 is 1.83 bits per heavy atom. The lowest BCUT2D eigenvalue weighted by atomic mass is 10.1. The predicted octanol–water partition coefficient (Wildman–Crippen LogP) is 5.48. The van der Waals surface area contributed by atoms with E-state index < -0.39 is 6.04 Å². The third-order valence-corrected chi connectivity index (χ3v) is 6.38. The van der Waals surface area contributed by atoms with Crippen molar-refractivity contribution in [2.45, 2.75) is 45.5 Å². The van der Waals surface area contributed by atoms with Gasteiger partial charge in [0.1, 0.15) is 6.04 Å². The van der Waals surface area contributed by atoms with Gasteiger partial charge in [-0.25, -0.2) is 0 Å². The Bertz CT molecular complexity index is 876. The highest BCUT2D eigenvalue weighted by Gasteiger charge is 2.28. The zero-order valence-electron chi connectivity index (χ0n) is 17.6. The van der Waals surface area contributed by atoms with Gasteiger partial charge in [0.15, 0.2) is 0 Å². The molecule has 1 N–H and O–H groups in total. The Balaban J connectivity index is 2.11. The van der Waals surface area contributed by atoms with Gasteiger partial charge in [-0.2, -0.15) is 0 Å². The van der Waals surface area contributed by atoms with Gasteiger partial charge in [0, 0.05) is 18.8 Å². The number of aryl methyl sites for hydroxylation is 1. The Labute approximate surface area is 193 Å². The van der Waals surface area contributed by atoms with Crippen molar-refractivity contribution in [2.75, 3.05) is 12.3 Å². The molecular weight excluding hydrogens is 439 g/mol. The number of amides is 2. The molecule has 1 unspecified atom stereocenters. The van der Waals surface area contributed by atoms with E-state index in [1.807, 2.05) is 57.2 Å². The van der Waals surface area contributed by atoms with Crippen molar-refractivity contribution < 1.29 is 9.59 Å². The number of nitrogens with one attached hydrogen (secondary N) is 1. The van der Waals surface area contributed by atoms with Gasteiger partial charge in [-0.1, -0.05) is 66.0 Å². The van der Waals surface area contributed by atoms with E-state index in [2.05, 4.69) is 5.32 Å². The van der Waals surface area contributed by atoms with Crippen LogP contribution in [0.1, 0.15) is 37.0 Å². The third-order valence-electron chi connectivity index (χ3n) is 4.65. The maximum Gasteiger partial charge on any atom is 0.242 e. The molecule has 2 rings (SSSR count). The average Bonchev–Trinajstić information content (AvgIpc) is 2.70. The van der Waals surface area contributed by atoms with E-state index in [-0.39, 0.29) is 17.6 Å².